The SMILES string of the molecule is CNCc1cccc(S(=O)(=O)NCc2cncs2)c1C. The monoisotopic (exact) mass is 311 g/mol. The summed E-state index contributed by atoms with van der Waals surface area (Å²) in [5.41, 5.74) is 3.44. The van der Waals surface area contributed by atoms with Crippen molar-refractivity contribution in [2.75, 3.05) is 7.05 Å². The molecule has 0 aliphatic rings. The maximum atomic E-state index is 12.4. The van der Waals surface area contributed by atoms with Crippen molar-refractivity contribution in [3.05, 3.63) is 45.9 Å². The van der Waals surface area contributed by atoms with E-state index in [1.54, 1.807) is 23.8 Å². The summed E-state index contributed by atoms with van der Waals surface area (Å²) in [6, 6.07) is 5.32. The lowest BCUT2D eigenvalue weighted by Gasteiger charge is -2.12. The minimum absolute atomic E-state index is 0.267. The van der Waals surface area contributed by atoms with Crippen molar-refractivity contribution in [1.29, 1.82) is 0 Å². The Morgan fingerprint density at radius 3 is 2.75 bits per heavy atom. The predicted octanol–water partition coefficient (Wildman–Crippen LogP) is 1.65. The number of nitrogens with zero attached hydrogens (tertiary/aromatic N) is 1. The maximum absolute atomic E-state index is 12.4. The fourth-order valence-electron chi connectivity index (χ4n) is 1.91. The van der Waals surface area contributed by atoms with Gasteiger partial charge >= 0.3 is 0 Å². The average molecular weight is 311 g/mol. The van der Waals surface area contributed by atoms with Crippen LogP contribution >= 0.6 is 11.3 Å². The molecule has 0 aliphatic heterocycles. The van der Waals surface area contributed by atoms with E-state index in [0.29, 0.717) is 11.4 Å². The molecular formula is C13H17N3O2S2. The third-order valence-electron chi connectivity index (χ3n) is 2.97. The lowest BCUT2D eigenvalue weighted by atomic mass is 10.1. The van der Waals surface area contributed by atoms with Crippen LogP contribution in [0.15, 0.2) is 34.8 Å². The van der Waals surface area contributed by atoms with Crippen LogP contribution < -0.4 is 10.0 Å². The molecule has 2 rings (SSSR count). The molecule has 1 aromatic heterocycles. The minimum Gasteiger partial charge on any atom is -0.316 e. The summed E-state index contributed by atoms with van der Waals surface area (Å²) in [4.78, 5) is 5.14. The van der Waals surface area contributed by atoms with Gasteiger partial charge in [0, 0.05) is 24.2 Å². The lowest BCUT2D eigenvalue weighted by molar-refractivity contribution is 0.581. The second-order valence-corrected chi connectivity index (χ2v) is 7.07. The van der Waals surface area contributed by atoms with Crippen LogP contribution in [0.1, 0.15) is 16.0 Å². The molecule has 2 aromatic rings. The van der Waals surface area contributed by atoms with Gasteiger partial charge in [-0.3, -0.25) is 4.98 Å². The zero-order valence-corrected chi connectivity index (χ0v) is 13.0. The Balaban J connectivity index is 2.23. The number of thiazole rings is 1. The number of sulfonamides is 1. The van der Waals surface area contributed by atoms with E-state index in [1.807, 2.05) is 20.0 Å². The van der Waals surface area contributed by atoms with Crippen LogP contribution in [0.5, 0.6) is 0 Å². The number of aromatic nitrogens is 1. The summed E-state index contributed by atoms with van der Waals surface area (Å²) in [5, 5.41) is 3.04. The van der Waals surface area contributed by atoms with E-state index in [1.165, 1.54) is 11.3 Å². The van der Waals surface area contributed by atoms with Crippen LogP contribution in [0.4, 0.5) is 0 Å². The number of rotatable bonds is 6. The Morgan fingerprint density at radius 2 is 2.10 bits per heavy atom. The van der Waals surface area contributed by atoms with E-state index in [4.69, 9.17) is 0 Å². The summed E-state index contributed by atoms with van der Waals surface area (Å²) in [6.07, 6.45) is 1.66. The van der Waals surface area contributed by atoms with E-state index < -0.39 is 10.0 Å². The van der Waals surface area contributed by atoms with Crippen molar-refractivity contribution in [2.45, 2.75) is 24.9 Å². The molecule has 0 radical (unpaired) electrons. The molecule has 1 heterocycles. The van der Waals surface area contributed by atoms with Crippen LogP contribution in [0, 0.1) is 6.92 Å². The first kappa shape index (κ1) is 15.1. The fraction of sp³-hybridized carbons (Fsp3) is 0.308. The standard InChI is InChI=1S/C13H17N3O2S2/c1-10-11(6-14-2)4-3-5-13(10)20(17,18)16-8-12-7-15-9-19-12/h3-5,7,9,14,16H,6,8H2,1-2H3. The van der Waals surface area contributed by atoms with Crippen molar-refractivity contribution in [3.8, 4) is 0 Å². The van der Waals surface area contributed by atoms with Crippen LogP contribution in [0.3, 0.4) is 0 Å². The molecule has 5 nitrogen and oxygen atoms in total. The smallest absolute Gasteiger partial charge is 0.241 e. The number of hydrogen-bond acceptors (Lipinski definition) is 5. The van der Waals surface area contributed by atoms with Gasteiger partial charge in [-0.15, -0.1) is 11.3 Å². The molecule has 0 atom stereocenters. The highest BCUT2D eigenvalue weighted by atomic mass is 32.2. The maximum Gasteiger partial charge on any atom is 0.241 e. The normalized spacial score (nSPS) is 11.7. The Bertz CT molecular complexity index is 667. The lowest BCUT2D eigenvalue weighted by Crippen LogP contribution is -2.24. The molecule has 0 fully saturated rings. The zero-order chi connectivity index (χ0) is 14.6. The van der Waals surface area contributed by atoms with Crippen molar-refractivity contribution in [2.24, 2.45) is 0 Å². The average Bonchev–Trinajstić information content (AvgIpc) is 2.92. The molecule has 20 heavy (non-hydrogen) atoms. The van der Waals surface area contributed by atoms with Crippen LogP contribution in [0.25, 0.3) is 0 Å². The molecule has 0 saturated heterocycles. The second kappa shape index (κ2) is 6.45. The van der Waals surface area contributed by atoms with Crippen LogP contribution in [-0.2, 0) is 23.1 Å². The fourth-order valence-corrected chi connectivity index (χ4v) is 3.82. The molecule has 1 aromatic carbocycles. The van der Waals surface area contributed by atoms with Gasteiger partial charge in [0.1, 0.15) is 0 Å². The summed E-state index contributed by atoms with van der Waals surface area (Å²) in [5.74, 6) is 0. The van der Waals surface area contributed by atoms with E-state index in [-0.39, 0.29) is 6.54 Å². The van der Waals surface area contributed by atoms with Crippen LogP contribution in [0.2, 0.25) is 0 Å². The summed E-state index contributed by atoms with van der Waals surface area (Å²) < 4.78 is 27.3. The highest BCUT2D eigenvalue weighted by molar-refractivity contribution is 7.89. The third-order valence-corrected chi connectivity index (χ3v) is 5.30. The Labute approximate surface area is 123 Å². The van der Waals surface area contributed by atoms with E-state index in [0.717, 1.165) is 16.0 Å². The molecule has 7 heteroatoms. The number of hydrogen-bond donors (Lipinski definition) is 2. The van der Waals surface area contributed by atoms with Crippen molar-refractivity contribution in [1.82, 2.24) is 15.0 Å². The topological polar surface area (TPSA) is 71.1 Å². The predicted molar refractivity (Wildman–Crippen MR) is 80.1 cm³/mol. The number of benzene rings is 1. The molecule has 0 unspecified atom stereocenters. The Morgan fingerprint density at radius 1 is 1.30 bits per heavy atom. The van der Waals surface area contributed by atoms with Gasteiger partial charge in [-0.2, -0.15) is 0 Å². The Kier molecular flexibility index (Phi) is 4.87. The summed E-state index contributed by atoms with van der Waals surface area (Å²) >= 11 is 1.43. The molecule has 108 valence electrons. The quantitative estimate of drug-likeness (QED) is 0.851. The molecular weight excluding hydrogens is 294 g/mol. The third kappa shape index (κ3) is 3.43. The summed E-state index contributed by atoms with van der Waals surface area (Å²) in [6.45, 7) is 2.74. The largest absolute Gasteiger partial charge is 0.316 e. The minimum atomic E-state index is -3.51. The molecule has 0 amide bonds. The van der Waals surface area contributed by atoms with Crippen molar-refractivity contribution < 1.29 is 8.42 Å². The van der Waals surface area contributed by atoms with Gasteiger partial charge in [0.2, 0.25) is 10.0 Å². The molecule has 0 aliphatic carbocycles. The van der Waals surface area contributed by atoms with Gasteiger partial charge in [0.05, 0.1) is 10.4 Å². The van der Waals surface area contributed by atoms with Gasteiger partial charge in [-0.25, -0.2) is 13.1 Å². The molecule has 0 bridgehead atoms. The first-order valence-corrected chi connectivity index (χ1v) is 8.51. The van der Waals surface area contributed by atoms with Crippen LogP contribution in [-0.4, -0.2) is 20.4 Å². The highest BCUT2D eigenvalue weighted by Gasteiger charge is 2.18. The zero-order valence-electron chi connectivity index (χ0n) is 11.4. The molecule has 0 saturated carbocycles. The Hall–Kier alpha value is -1.28. The van der Waals surface area contributed by atoms with Gasteiger partial charge in [-0.05, 0) is 31.2 Å². The van der Waals surface area contributed by atoms with Gasteiger partial charge in [0.15, 0.2) is 0 Å². The van der Waals surface area contributed by atoms with Gasteiger partial charge in [0.25, 0.3) is 0 Å². The highest BCUT2D eigenvalue weighted by Crippen LogP contribution is 2.19. The van der Waals surface area contributed by atoms with Gasteiger partial charge < -0.3 is 5.32 Å². The van der Waals surface area contributed by atoms with Crippen molar-refractivity contribution in [3.63, 3.8) is 0 Å². The molecule has 0 spiro atoms. The van der Waals surface area contributed by atoms with E-state index in [2.05, 4.69) is 15.0 Å². The van der Waals surface area contributed by atoms with Gasteiger partial charge in [-0.1, -0.05) is 12.1 Å². The first-order valence-electron chi connectivity index (χ1n) is 6.14. The number of nitrogens with one attached hydrogen (secondary N) is 2. The first-order chi connectivity index (χ1) is 9.54. The van der Waals surface area contributed by atoms with E-state index in [9.17, 15) is 8.42 Å². The second-order valence-electron chi connectivity index (χ2n) is 4.36. The van der Waals surface area contributed by atoms with Crippen molar-refractivity contribution >= 4 is 21.4 Å². The summed E-state index contributed by atoms with van der Waals surface area (Å²) in [7, 11) is -1.67. The van der Waals surface area contributed by atoms with E-state index >= 15 is 0 Å². The molecule has 2 N–H and O–H groups in total.